The Balaban J connectivity index is 1.99. The summed E-state index contributed by atoms with van der Waals surface area (Å²) in [6.45, 7) is 6.98. The van der Waals surface area contributed by atoms with E-state index >= 15 is 0 Å². The maximum atomic E-state index is 12.1. The molecule has 0 radical (unpaired) electrons. The third-order valence-corrected chi connectivity index (χ3v) is 4.34. The molecule has 0 saturated heterocycles. The lowest BCUT2D eigenvalue weighted by atomic mass is 10.0. The van der Waals surface area contributed by atoms with E-state index in [1.54, 1.807) is 12.1 Å². The van der Waals surface area contributed by atoms with E-state index in [9.17, 15) is 4.79 Å². The average molecular weight is 343 g/mol. The van der Waals surface area contributed by atoms with Crippen molar-refractivity contribution in [1.29, 1.82) is 0 Å². The van der Waals surface area contributed by atoms with Crippen LogP contribution >= 0.6 is 23.2 Å². The average Bonchev–Trinajstić information content (AvgIpc) is 2.95. The summed E-state index contributed by atoms with van der Waals surface area (Å²) in [6.07, 6.45) is 0.534. The zero-order chi connectivity index (χ0) is 16.3. The Labute approximate surface area is 141 Å². The van der Waals surface area contributed by atoms with Crippen LogP contribution < -0.4 is 0 Å². The minimum Gasteiger partial charge on any atom is -0.390 e. The highest BCUT2D eigenvalue weighted by molar-refractivity contribution is 6.42. The van der Waals surface area contributed by atoms with E-state index in [2.05, 4.69) is 5.16 Å². The Kier molecular flexibility index (Phi) is 5.70. The Morgan fingerprint density at radius 3 is 2.73 bits per heavy atom. The number of nitrogens with zero attached hydrogens (tertiary/aromatic N) is 2. The quantitative estimate of drug-likeness (QED) is 0.811. The van der Waals surface area contributed by atoms with Gasteiger partial charge in [-0.05, 0) is 19.1 Å². The van der Waals surface area contributed by atoms with Crippen LogP contribution in [0.25, 0.3) is 0 Å². The zero-order valence-electron chi connectivity index (χ0n) is 13.0. The number of carbonyl (C=O) groups is 1. The molecule has 0 saturated carbocycles. The minimum absolute atomic E-state index is 0.0168. The molecule has 1 aromatic rings. The van der Waals surface area contributed by atoms with E-state index in [0.29, 0.717) is 29.6 Å². The predicted octanol–water partition coefficient (Wildman–Crippen LogP) is 3.99. The van der Waals surface area contributed by atoms with Crippen LogP contribution in [-0.4, -0.2) is 35.7 Å². The van der Waals surface area contributed by atoms with Gasteiger partial charge in [-0.2, -0.15) is 0 Å². The highest BCUT2D eigenvalue weighted by Gasteiger charge is 2.27. The molecule has 0 aromatic heterocycles. The van der Waals surface area contributed by atoms with Crippen LogP contribution in [0.2, 0.25) is 10.0 Å². The van der Waals surface area contributed by atoms with Crippen molar-refractivity contribution in [3.05, 3.63) is 33.8 Å². The number of hydrogen-bond acceptors (Lipinski definition) is 3. The first kappa shape index (κ1) is 17.1. The molecule has 0 spiro atoms. The van der Waals surface area contributed by atoms with Crippen molar-refractivity contribution >= 4 is 34.8 Å². The SMILES string of the molecule is CCN(CC1CC(c2ccc(Cl)c(Cl)c2)=NO1)C(=O)C(C)C. The van der Waals surface area contributed by atoms with Crippen molar-refractivity contribution in [2.45, 2.75) is 33.3 Å². The van der Waals surface area contributed by atoms with Crippen molar-refractivity contribution in [3.8, 4) is 0 Å². The topological polar surface area (TPSA) is 41.9 Å². The number of benzene rings is 1. The van der Waals surface area contributed by atoms with Crippen LogP contribution in [0.1, 0.15) is 32.8 Å². The Morgan fingerprint density at radius 1 is 1.41 bits per heavy atom. The second-order valence-corrected chi connectivity index (χ2v) is 6.44. The van der Waals surface area contributed by atoms with Gasteiger partial charge in [0.2, 0.25) is 5.91 Å². The lowest BCUT2D eigenvalue weighted by Crippen LogP contribution is -2.39. The third-order valence-electron chi connectivity index (χ3n) is 3.60. The summed E-state index contributed by atoms with van der Waals surface area (Å²) in [5, 5.41) is 5.14. The van der Waals surface area contributed by atoms with Crippen molar-refractivity contribution in [2.24, 2.45) is 11.1 Å². The Morgan fingerprint density at radius 2 is 2.14 bits per heavy atom. The largest absolute Gasteiger partial charge is 0.390 e. The van der Waals surface area contributed by atoms with Gasteiger partial charge in [0.05, 0.1) is 22.3 Å². The second kappa shape index (κ2) is 7.34. The van der Waals surface area contributed by atoms with Crippen LogP contribution in [0.3, 0.4) is 0 Å². The van der Waals surface area contributed by atoms with Crippen molar-refractivity contribution < 1.29 is 9.63 Å². The molecule has 1 unspecified atom stereocenters. The third kappa shape index (κ3) is 3.93. The molecule has 6 heteroatoms. The number of rotatable bonds is 5. The first-order chi connectivity index (χ1) is 10.4. The molecule has 0 N–H and O–H groups in total. The maximum Gasteiger partial charge on any atom is 0.225 e. The molecular formula is C16H20Cl2N2O2. The van der Waals surface area contributed by atoms with Gasteiger partial charge in [0, 0.05) is 24.4 Å². The number of carbonyl (C=O) groups excluding carboxylic acids is 1. The van der Waals surface area contributed by atoms with Crippen LogP contribution in [-0.2, 0) is 9.63 Å². The fourth-order valence-electron chi connectivity index (χ4n) is 2.36. The molecule has 0 fully saturated rings. The predicted molar refractivity (Wildman–Crippen MR) is 89.6 cm³/mol. The van der Waals surface area contributed by atoms with Crippen molar-refractivity contribution in [2.75, 3.05) is 13.1 Å². The van der Waals surface area contributed by atoms with Gasteiger partial charge >= 0.3 is 0 Å². The second-order valence-electron chi connectivity index (χ2n) is 5.63. The Bertz CT molecular complexity index is 588. The first-order valence-electron chi connectivity index (χ1n) is 7.39. The zero-order valence-corrected chi connectivity index (χ0v) is 14.5. The van der Waals surface area contributed by atoms with E-state index in [0.717, 1.165) is 11.3 Å². The van der Waals surface area contributed by atoms with Crippen molar-refractivity contribution in [1.82, 2.24) is 4.90 Å². The minimum atomic E-state index is -0.118. The molecule has 0 aliphatic carbocycles. The lowest BCUT2D eigenvalue weighted by molar-refractivity contribution is -0.136. The van der Waals surface area contributed by atoms with Crippen LogP contribution in [0, 0.1) is 5.92 Å². The molecule has 1 atom stereocenters. The van der Waals surface area contributed by atoms with Crippen LogP contribution in [0.5, 0.6) is 0 Å². The molecule has 1 aromatic carbocycles. The Hall–Kier alpha value is -1.26. The first-order valence-corrected chi connectivity index (χ1v) is 8.14. The molecule has 22 heavy (non-hydrogen) atoms. The van der Waals surface area contributed by atoms with Crippen molar-refractivity contribution in [3.63, 3.8) is 0 Å². The van der Waals surface area contributed by atoms with Gasteiger partial charge in [0.1, 0.15) is 0 Å². The van der Waals surface area contributed by atoms with Crippen LogP contribution in [0.4, 0.5) is 0 Å². The molecule has 0 bridgehead atoms. The summed E-state index contributed by atoms with van der Waals surface area (Å²) in [7, 11) is 0. The highest BCUT2D eigenvalue weighted by atomic mass is 35.5. The molecule has 1 aliphatic heterocycles. The van der Waals surface area contributed by atoms with Crippen LogP contribution in [0.15, 0.2) is 23.4 Å². The summed E-state index contributed by atoms with van der Waals surface area (Å²) in [4.78, 5) is 19.4. The fourth-order valence-corrected chi connectivity index (χ4v) is 2.66. The summed E-state index contributed by atoms with van der Waals surface area (Å²) < 4.78 is 0. The molecule has 4 nitrogen and oxygen atoms in total. The van der Waals surface area contributed by atoms with Gasteiger partial charge in [0.25, 0.3) is 0 Å². The number of amides is 1. The van der Waals surface area contributed by atoms with Gasteiger partial charge in [-0.1, -0.05) is 48.3 Å². The smallest absolute Gasteiger partial charge is 0.225 e. The number of oxime groups is 1. The maximum absolute atomic E-state index is 12.1. The van der Waals surface area contributed by atoms with Gasteiger partial charge in [-0.15, -0.1) is 0 Å². The number of halogens is 2. The normalized spacial score (nSPS) is 17.4. The van der Waals surface area contributed by atoms with E-state index in [1.165, 1.54) is 0 Å². The summed E-state index contributed by atoms with van der Waals surface area (Å²) in [5.41, 5.74) is 1.73. The van der Waals surface area contributed by atoms with E-state index in [4.69, 9.17) is 28.0 Å². The molecule has 2 rings (SSSR count). The lowest BCUT2D eigenvalue weighted by Gasteiger charge is -2.24. The standard InChI is InChI=1S/C16H20Cl2N2O2/c1-4-20(16(21)10(2)3)9-12-8-15(19-22-12)11-5-6-13(17)14(18)7-11/h5-7,10,12H,4,8-9H2,1-3H3. The number of hydrogen-bond donors (Lipinski definition) is 0. The summed E-state index contributed by atoms with van der Waals surface area (Å²) in [6, 6.07) is 5.40. The van der Waals surface area contributed by atoms with E-state index in [-0.39, 0.29) is 17.9 Å². The van der Waals surface area contributed by atoms with Gasteiger partial charge in [-0.3, -0.25) is 4.79 Å². The summed E-state index contributed by atoms with van der Waals surface area (Å²) in [5.74, 6) is 0.117. The van der Waals surface area contributed by atoms with E-state index in [1.807, 2.05) is 31.7 Å². The molecule has 1 amide bonds. The molecular weight excluding hydrogens is 323 g/mol. The van der Waals surface area contributed by atoms with Gasteiger partial charge in [-0.25, -0.2) is 0 Å². The van der Waals surface area contributed by atoms with E-state index < -0.39 is 0 Å². The van der Waals surface area contributed by atoms with Gasteiger partial charge < -0.3 is 9.74 Å². The molecule has 1 aliphatic rings. The molecule has 120 valence electrons. The highest BCUT2D eigenvalue weighted by Crippen LogP contribution is 2.25. The summed E-state index contributed by atoms with van der Waals surface area (Å²) >= 11 is 12.0. The molecule has 1 heterocycles. The number of likely N-dealkylation sites (N-methyl/N-ethyl adjacent to an activating group) is 1. The van der Waals surface area contributed by atoms with Gasteiger partial charge in [0.15, 0.2) is 6.10 Å². The fraction of sp³-hybridized carbons (Fsp3) is 0.500. The monoisotopic (exact) mass is 342 g/mol.